The molecule has 2 rings (SSSR count). The van der Waals surface area contributed by atoms with Gasteiger partial charge in [0.25, 0.3) is 0 Å². The molecule has 3 N–H and O–H groups in total. The van der Waals surface area contributed by atoms with Crippen LogP contribution in [0.2, 0.25) is 0 Å². The van der Waals surface area contributed by atoms with Crippen molar-refractivity contribution in [3.05, 3.63) is 33.2 Å². The highest BCUT2D eigenvalue weighted by molar-refractivity contribution is 9.10. The first kappa shape index (κ1) is 12.3. The normalized spacial score (nSPS) is 12.4. The van der Waals surface area contributed by atoms with Crippen molar-refractivity contribution in [2.45, 2.75) is 19.4 Å². The Morgan fingerprint density at radius 3 is 3.06 bits per heavy atom. The Balaban J connectivity index is 2.03. The molecule has 0 saturated heterocycles. The van der Waals surface area contributed by atoms with Gasteiger partial charge in [-0.1, -0.05) is 0 Å². The maximum absolute atomic E-state index is 5.70. The SMILES string of the molecule is CC(Cc1ccsc1)Nc1ncnc(N)c1Br. The molecular formula is C11H13BrN4S. The topological polar surface area (TPSA) is 63.8 Å². The molecular weight excluding hydrogens is 300 g/mol. The van der Waals surface area contributed by atoms with Crippen LogP contribution in [0.25, 0.3) is 0 Å². The quantitative estimate of drug-likeness (QED) is 0.911. The number of hydrogen-bond donors (Lipinski definition) is 2. The summed E-state index contributed by atoms with van der Waals surface area (Å²) in [5, 5.41) is 7.55. The summed E-state index contributed by atoms with van der Waals surface area (Å²) in [6.45, 7) is 2.11. The van der Waals surface area contributed by atoms with Gasteiger partial charge < -0.3 is 11.1 Å². The van der Waals surface area contributed by atoms with Crippen molar-refractivity contribution < 1.29 is 0 Å². The van der Waals surface area contributed by atoms with Crippen molar-refractivity contribution in [1.29, 1.82) is 0 Å². The lowest BCUT2D eigenvalue weighted by Crippen LogP contribution is -2.19. The lowest BCUT2D eigenvalue weighted by Gasteiger charge is -2.15. The van der Waals surface area contributed by atoms with Gasteiger partial charge in [0.1, 0.15) is 22.4 Å². The van der Waals surface area contributed by atoms with Crippen molar-refractivity contribution in [3.8, 4) is 0 Å². The fourth-order valence-electron chi connectivity index (χ4n) is 1.53. The average molecular weight is 313 g/mol. The van der Waals surface area contributed by atoms with Gasteiger partial charge in [0.15, 0.2) is 0 Å². The largest absolute Gasteiger partial charge is 0.383 e. The van der Waals surface area contributed by atoms with E-state index in [0.717, 1.165) is 16.7 Å². The number of anilines is 2. The van der Waals surface area contributed by atoms with Crippen LogP contribution in [-0.2, 0) is 6.42 Å². The zero-order valence-corrected chi connectivity index (χ0v) is 11.8. The number of nitrogen functional groups attached to an aromatic ring is 1. The number of halogens is 1. The highest BCUT2D eigenvalue weighted by Gasteiger charge is 2.09. The van der Waals surface area contributed by atoms with Gasteiger partial charge in [0.05, 0.1) is 0 Å². The van der Waals surface area contributed by atoms with Gasteiger partial charge >= 0.3 is 0 Å². The number of nitrogens with one attached hydrogen (secondary N) is 1. The van der Waals surface area contributed by atoms with Crippen LogP contribution in [0.5, 0.6) is 0 Å². The number of hydrogen-bond acceptors (Lipinski definition) is 5. The minimum absolute atomic E-state index is 0.287. The maximum Gasteiger partial charge on any atom is 0.146 e. The summed E-state index contributed by atoms with van der Waals surface area (Å²) in [6.07, 6.45) is 2.42. The van der Waals surface area contributed by atoms with Gasteiger partial charge in [0, 0.05) is 6.04 Å². The van der Waals surface area contributed by atoms with Crippen LogP contribution in [0.4, 0.5) is 11.6 Å². The number of nitrogens with two attached hydrogens (primary N) is 1. The summed E-state index contributed by atoms with van der Waals surface area (Å²) in [6, 6.07) is 2.42. The van der Waals surface area contributed by atoms with E-state index in [0.29, 0.717) is 5.82 Å². The third-order valence-electron chi connectivity index (χ3n) is 2.32. The molecule has 0 spiro atoms. The van der Waals surface area contributed by atoms with E-state index in [1.807, 2.05) is 0 Å². The molecule has 6 heteroatoms. The Morgan fingerprint density at radius 2 is 2.35 bits per heavy atom. The monoisotopic (exact) mass is 312 g/mol. The maximum atomic E-state index is 5.70. The molecule has 0 saturated carbocycles. The van der Waals surface area contributed by atoms with E-state index in [-0.39, 0.29) is 6.04 Å². The Bertz CT molecular complexity index is 486. The van der Waals surface area contributed by atoms with Gasteiger partial charge in [-0.25, -0.2) is 9.97 Å². The van der Waals surface area contributed by atoms with Crippen LogP contribution >= 0.6 is 27.3 Å². The molecule has 90 valence electrons. The molecule has 17 heavy (non-hydrogen) atoms. The predicted octanol–water partition coefficient (Wildman–Crippen LogP) is 2.93. The second-order valence-electron chi connectivity index (χ2n) is 3.80. The molecule has 1 atom stereocenters. The van der Waals surface area contributed by atoms with Gasteiger partial charge in [-0.3, -0.25) is 0 Å². The molecule has 0 aromatic carbocycles. The van der Waals surface area contributed by atoms with Crippen molar-refractivity contribution >= 4 is 38.9 Å². The highest BCUT2D eigenvalue weighted by atomic mass is 79.9. The van der Waals surface area contributed by atoms with Crippen LogP contribution in [0.15, 0.2) is 27.6 Å². The first-order chi connectivity index (χ1) is 8.16. The van der Waals surface area contributed by atoms with E-state index in [2.05, 4.69) is 55.0 Å². The Morgan fingerprint density at radius 1 is 1.53 bits per heavy atom. The summed E-state index contributed by atoms with van der Waals surface area (Å²) in [5.41, 5.74) is 7.02. The molecule has 2 aromatic heterocycles. The zero-order valence-electron chi connectivity index (χ0n) is 9.35. The first-order valence-electron chi connectivity index (χ1n) is 5.20. The van der Waals surface area contributed by atoms with Gasteiger partial charge in [-0.2, -0.15) is 11.3 Å². The van der Waals surface area contributed by atoms with Crippen LogP contribution < -0.4 is 11.1 Å². The van der Waals surface area contributed by atoms with E-state index < -0.39 is 0 Å². The summed E-state index contributed by atoms with van der Waals surface area (Å²) in [7, 11) is 0. The fraction of sp³-hybridized carbons (Fsp3) is 0.273. The lowest BCUT2D eigenvalue weighted by atomic mass is 10.1. The van der Waals surface area contributed by atoms with E-state index in [4.69, 9.17) is 5.73 Å². The minimum atomic E-state index is 0.287. The van der Waals surface area contributed by atoms with Crippen LogP contribution in [-0.4, -0.2) is 16.0 Å². The van der Waals surface area contributed by atoms with Crippen molar-refractivity contribution in [1.82, 2.24) is 9.97 Å². The van der Waals surface area contributed by atoms with Crippen molar-refractivity contribution in [2.24, 2.45) is 0 Å². The molecule has 0 radical (unpaired) electrons. The summed E-state index contributed by atoms with van der Waals surface area (Å²) in [4.78, 5) is 8.07. The Labute approximate surface area is 112 Å². The Hall–Kier alpha value is -1.14. The van der Waals surface area contributed by atoms with E-state index >= 15 is 0 Å². The third kappa shape index (κ3) is 3.17. The molecule has 0 aliphatic heterocycles. The molecule has 0 aliphatic rings. The molecule has 4 nitrogen and oxygen atoms in total. The van der Waals surface area contributed by atoms with Gasteiger partial charge in [0.2, 0.25) is 0 Å². The molecule has 2 aromatic rings. The standard InChI is InChI=1S/C11H13BrN4S/c1-7(4-8-2-3-17-5-8)16-11-9(12)10(13)14-6-15-11/h2-3,5-7H,4H2,1H3,(H3,13,14,15,16). The molecule has 0 amide bonds. The second-order valence-corrected chi connectivity index (χ2v) is 5.38. The van der Waals surface area contributed by atoms with E-state index in [9.17, 15) is 0 Å². The minimum Gasteiger partial charge on any atom is -0.383 e. The van der Waals surface area contributed by atoms with Gasteiger partial charge in [-0.15, -0.1) is 0 Å². The summed E-state index contributed by atoms with van der Waals surface area (Å²) >= 11 is 5.09. The second kappa shape index (κ2) is 5.46. The van der Waals surface area contributed by atoms with Crippen molar-refractivity contribution in [3.63, 3.8) is 0 Å². The summed E-state index contributed by atoms with van der Waals surface area (Å²) < 4.78 is 0.720. The smallest absolute Gasteiger partial charge is 0.146 e. The summed E-state index contributed by atoms with van der Waals surface area (Å²) in [5.74, 6) is 1.19. The Kier molecular flexibility index (Phi) is 3.96. The fourth-order valence-corrected chi connectivity index (χ4v) is 2.53. The van der Waals surface area contributed by atoms with Crippen LogP contribution in [0.1, 0.15) is 12.5 Å². The molecule has 0 fully saturated rings. The van der Waals surface area contributed by atoms with Crippen molar-refractivity contribution in [2.75, 3.05) is 11.1 Å². The number of aromatic nitrogens is 2. The van der Waals surface area contributed by atoms with Crippen LogP contribution in [0, 0.1) is 0 Å². The molecule has 0 bridgehead atoms. The number of thiophene rings is 1. The van der Waals surface area contributed by atoms with E-state index in [1.54, 1.807) is 11.3 Å². The number of rotatable bonds is 4. The highest BCUT2D eigenvalue weighted by Crippen LogP contribution is 2.24. The first-order valence-corrected chi connectivity index (χ1v) is 6.94. The predicted molar refractivity (Wildman–Crippen MR) is 75.3 cm³/mol. The number of nitrogens with zero attached hydrogens (tertiary/aromatic N) is 2. The van der Waals surface area contributed by atoms with Gasteiger partial charge in [-0.05, 0) is 51.7 Å². The average Bonchev–Trinajstić information content (AvgIpc) is 2.77. The van der Waals surface area contributed by atoms with Crippen LogP contribution in [0.3, 0.4) is 0 Å². The lowest BCUT2D eigenvalue weighted by molar-refractivity contribution is 0.785. The molecule has 1 unspecified atom stereocenters. The molecule has 2 heterocycles. The third-order valence-corrected chi connectivity index (χ3v) is 3.84. The zero-order chi connectivity index (χ0) is 12.3. The van der Waals surface area contributed by atoms with E-state index in [1.165, 1.54) is 11.9 Å². The molecule has 0 aliphatic carbocycles.